The lowest BCUT2D eigenvalue weighted by Gasteiger charge is -2.23. The quantitative estimate of drug-likeness (QED) is 0.138. The van der Waals surface area contributed by atoms with E-state index in [0.29, 0.717) is 0 Å². The zero-order valence-electron chi connectivity index (χ0n) is 26.5. The molecule has 47 heavy (non-hydrogen) atoms. The molecule has 0 amide bonds. The van der Waals surface area contributed by atoms with Gasteiger partial charge in [-0.1, -0.05) is 147 Å². The van der Waals surface area contributed by atoms with Crippen LogP contribution in [0.25, 0.3) is 87.2 Å². The van der Waals surface area contributed by atoms with Crippen molar-refractivity contribution in [1.82, 2.24) is 0 Å². The van der Waals surface area contributed by atoms with E-state index in [1.54, 1.807) is 0 Å². The summed E-state index contributed by atoms with van der Waals surface area (Å²) in [5.74, 6) is 0. The first-order valence-corrected chi connectivity index (χ1v) is 16.6. The van der Waals surface area contributed by atoms with Crippen molar-refractivity contribution in [2.75, 3.05) is 0 Å². The first kappa shape index (κ1) is 26.5. The van der Waals surface area contributed by atoms with Gasteiger partial charge in [0.05, 0.1) is 0 Å². The summed E-state index contributed by atoms with van der Waals surface area (Å²) in [7, 11) is 0. The Kier molecular flexibility index (Phi) is 5.44. The normalized spacial score (nSPS) is 13.5. The Balaban J connectivity index is 1.31. The van der Waals surface area contributed by atoms with Gasteiger partial charge >= 0.3 is 0 Å². The van der Waals surface area contributed by atoms with Gasteiger partial charge < -0.3 is 0 Å². The topological polar surface area (TPSA) is 0 Å². The van der Waals surface area contributed by atoms with Gasteiger partial charge in [0.2, 0.25) is 0 Å². The Hall–Kier alpha value is -5.72. The molecule has 0 radical (unpaired) electrons. The van der Waals surface area contributed by atoms with Crippen LogP contribution in [0.1, 0.15) is 25.0 Å². The van der Waals surface area contributed by atoms with Gasteiger partial charge in [-0.3, -0.25) is 0 Å². The SMILES string of the molecule is CC1(C)c2ccccc2-c2c1cc1cc(-c3c4ccccc4cc4c3ccc3ccccc34)ccc1c2-c1ccc2ccccc2c1. The second-order valence-electron chi connectivity index (χ2n) is 13.7. The molecule has 1 aliphatic carbocycles. The largest absolute Gasteiger partial charge is 0.0619 e. The minimum Gasteiger partial charge on any atom is -0.0619 e. The number of benzene rings is 9. The molecule has 0 aromatic heterocycles. The molecule has 9 aromatic rings. The summed E-state index contributed by atoms with van der Waals surface area (Å²) < 4.78 is 0. The maximum atomic E-state index is 2.49. The molecule has 0 heteroatoms. The third-order valence-corrected chi connectivity index (χ3v) is 10.8. The summed E-state index contributed by atoms with van der Waals surface area (Å²) in [6.45, 7) is 4.78. The van der Waals surface area contributed by atoms with Crippen LogP contribution >= 0.6 is 0 Å². The second kappa shape index (κ2) is 9.64. The maximum Gasteiger partial charge on any atom is 0.0159 e. The van der Waals surface area contributed by atoms with E-state index in [4.69, 9.17) is 0 Å². The molecule has 0 heterocycles. The van der Waals surface area contributed by atoms with E-state index >= 15 is 0 Å². The molecule has 9 aromatic carbocycles. The number of hydrogen-bond donors (Lipinski definition) is 0. The second-order valence-corrected chi connectivity index (χ2v) is 13.7. The van der Waals surface area contributed by atoms with Crippen molar-refractivity contribution in [2.45, 2.75) is 19.3 Å². The first-order chi connectivity index (χ1) is 23.1. The van der Waals surface area contributed by atoms with Crippen molar-refractivity contribution >= 4 is 53.9 Å². The first-order valence-electron chi connectivity index (χ1n) is 16.6. The van der Waals surface area contributed by atoms with Crippen LogP contribution in [0.4, 0.5) is 0 Å². The Morgan fingerprint density at radius 3 is 1.79 bits per heavy atom. The van der Waals surface area contributed by atoms with Crippen LogP contribution in [-0.4, -0.2) is 0 Å². The zero-order chi connectivity index (χ0) is 31.3. The fourth-order valence-corrected chi connectivity index (χ4v) is 8.50. The highest BCUT2D eigenvalue weighted by atomic mass is 14.4. The van der Waals surface area contributed by atoms with Crippen LogP contribution in [0.2, 0.25) is 0 Å². The van der Waals surface area contributed by atoms with Gasteiger partial charge in [0.1, 0.15) is 0 Å². The minimum atomic E-state index is -0.104. The predicted molar refractivity (Wildman–Crippen MR) is 202 cm³/mol. The lowest BCUT2D eigenvalue weighted by atomic mass is 9.80. The summed E-state index contributed by atoms with van der Waals surface area (Å²) in [6.07, 6.45) is 0. The molecule has 0 saturated carbocycles. The fraction of sp³-hybridized carbons (Fsp3) is 0.0638. The van der Waals surface area contributed by atoms with Gasteiger partial charge in [-0.25, -0.2) is 0 Å². The van der Waals surface area contributed by atoms with E-state index in [2.05, 4.69) is 172 Å². The lowest BCUT2D eigenvalue weighted by Crippen LogP contribution is -2.15. The monoisotopic (exact) mass is 596 g/mol. The van der Waals surface area contributed by atoms with Gasteiger partial charge in [-0.05, 0) is 123 Å². The molecular weight excluding hydrogens is 565 g/mol. The molecule has 0 unspecified atom stereocenters. The Morgan fingerprint density at radius 1 is 0.319 bits per heavy atom. The molecule has 10 rings (SSSR count). The average Bonchev–Trinajstić information content (AvgIpc) is 3.34. The van der Waals surface area contributed by atoms with E-state index in [1.165, 1.54) is 98.4 Å². The Morgan fingerprint density at radius 2 is 0.915 bits per heavy atom. The van der Waals surface area contributed by atoms with Crippen molar-refractivity contribution in [2.24, 2.45) is 0 Å². The molecule has 0 atom stereocenters. The van der Waals surface area contributed by atoms with Crippen LogP contribution in [0.15, 0.2) is 158 Å². The fourth-order valence-electron chi connectivity index (χ4n) is 8.50. The highest BCUT2D eigenvalue weighted by molar-refractivity contribution is 6.21. The van der Waals surface area contributed by atoms with Gasteiger partial charge in [-0.15, -0.1) is 0 Å². The van der Waals surface area contributed by atoms with E-state index < -0.39 is 0 Å². The van der Waals surface area contributed by atoms with Crippen molar-refractivity contribution in [3.05, 3.63) is 169 Å². The Bertz CT molecular complexity index is 2760. The molecule has 0 spiro atoms. The predicted octanol–water partition coefficient (Wildman–Crippen LogP) is 13.1. The smallest absolute Gasteiger partial charge is 0.0159 e. The summed E-state index contributed by atoms with van der Waals surface area (Å²) in [6, 6.07) is 59.0. The van der Waals surface area contributed by atoms with Gasteiger partial charge in [0, 0.05) is 5.41 Å². The van der Waals surface area contributed by atoms with Crippen molar-refractivity contribution in [3.63, 3.8) is 0 Å². The van der Waals surface area contributed by atoms with Crippen LogP contribution in [0.5, 0.6) is 0 Å². The minimum absolute atomic E-state index is 0.104. The van der Waals surface area contributed by atoms with Crippen LogP contribution in [0.3, 0.4) is 0 Å². The summed E-state index contributed by atoms with van der Waals surface area (Å²) in [5, 5.41) is 12.9. The highest BCUT2D eigenvalue weighted by Gasteiger charge is 2.37. The van der Waals surface area contributed by atoms with Crippen LogP contribution in [0, 0.1) is 0 Å². The molecule has 0 N–H and O–H groups in total. The third kappa shape index (κ3) is 3.76. The maximum absolute atomic E-state index is 2.49. The molecule has 1 aliphatic rings. The highest BCUT2D eigenvalue weighted by Crippen LogP contribution is 2.55. The summed E-state index contributed by atoms with van der Waals surface area (Å²) in [5.41, 5.74) is 10.6. The molecule has 220 valence electrons. The molecule has 0 aliphatic heterocycles. The van der Waals surface area contributed by atoms with E-state index in [1.807, 2.05) is 0 Å². The number of fused-ring (bicyclic) bond motifs is 9. The third-order valence-electron chi connectivity index (χ3n) is 10.8. The van der Waals surface area contributed by atoms with Crippen molar-refractivity contribution < 1.29 is 0 Å². The van der Waals surface area contributed by atoms with E-state index in [0.717, 1.165) is 0 Å². The lowest BCUT2D eigenvalue weighted by molar-refractivity contribution is 0.661. The van der Waals surface area contributed by atoms with Crippen molar-refractivity contribution in [3.8, 4) is 33.4 Å². The summed E-state index contributed by atoms with van der Waals surface area (Å²) in [4.78, 5) is 0. The molecular formula is C47H32. The number of rotatable bonds is 2. The molecule has 0 nitrogen and oxygen atoms in total. The standard InChI is InChI=1S/C47H32/c1-47(2)42-18-10-9-17-40(42)46-43(47)28-35-26-33(22-23-38(35)45(46)34-20-19-29-11-3-4-13-31(29)25-34)44-37-16-8-6-14-32(37)27-41-36-15-7-5-12-30(36)21-24-39(41)44/h3-28H,1-2H3. The number of hydrogen-bond acceptors (Lipinski definition) is 0. The van der Waals surface area contributed by atoms with Gasteiger partial charge in [0.15, 0.2) is 0 Å². The summed E-state index contributed by atoms with van der Waals surface area (Å²) >= 11 is 0. The van der Waals surface area contributed by atoms with E-state index in [9.17, 15) is 0 Å². The Labute approximate surface area is 274 Å². The van der Waals surface area contributed by atoms with E-state index in [-0.39, 0.29) is 5.41 Å². The molecule has 0 bridgehead atoms. The molecule has 0 saturated heterocycles. The van der Waals surface area contributed by atoms with Gasteiger partial charge in [0.25, 0.3) is 0 Å². The van der Waals surface area contributed by atoms with Crippen LogP contribution in [-0.2, 0) is 5.41 Å². The van der Waals surface area contributed by atoms with Crippen LogP contribution < -0.4 is 0 Å². The average molecular weight is 597 g/mol. The molecule has 0 fully saturated rings. The van der Waals surface area contributed by atoms with Gasteiger partial charge in [-0.2, -0.15) is 0 Å². The van der Waals surface area contributed by atoms with Crippen molar-refractivity contribution in [1.29, 1.82) is 0 Å². The zero-order valence-corrected chi connectivity index (χ0v) is 26.5.